The maximum absolute atomic E-state index is 12.0. The standard InChI is InChI=1S/C14H18N6OS/c1-11-17-18-14(22-11)16-13(21)10-19-6-8-20(9-7-19)12-4-2-3-5-15-12/h2-5H,6-10H2,1H3,(H,16,18,21). The molecule has 1 saturated heterocycles. The van der Waals surface area contributed by atoms with Gasteiger partial charge in [0.05, 0.1) is 6.54 Å². The average Bonchev–Trinajstić information content (AvgIpc) is 2.94. The Balaban J connectivity index is 1.46. The number of piperazine rings is 1. The number of nitrogens with zero attached hydrogens (tertiary/aromatic N) is 5. The summed E-state index contributed by atoms with van der Waals surface area (Å²) in [6.07, 6.45) is 1.80. The van der Waals surface area contributed by atoms with E-state index in [1.165, 1.54) is 11.3 Å². The molecule has 1 N–H and O–H groups in total. The molecule has 2 aromatic heterocycles. The molecule has 8 heteroatoms. The topological polar surface area (TPSA) is 74.2 Å². The summed E-state index contributed by atoms with van der Waals surface area (Å²) < 4.78 is 0. The number of carbonyl (C=O) groups is 1. The van der Waals surface area contributed by atoms with Crippen molar-refractivity contribution in [2.45, 2.75) is 6.92 Å². The van der Waals surface area contributed by atoms with Crippen molar-refractivity contribution in [1.82, 2.24) is 20.1 Å². The highest BCUT2D eigenvalue weighted by Gasteiger charge is 2.20. The molecular formula is C14H18N6OS. The minimum atomic E-state index is -0.0394. The zero-order chi connectivity index (χ0) is 15.4. The molecule has 116 valence electrons. The number of hydrogen-bond acceptors (Lipinski definition) is 7. The van der Waals surface area contributed by atoms with Gasteiger partial charge < -0.3 is 4.90 Å². The Hall–Kier alpha value is -2.06. The van der Waals surface area contributed by atoms with Crippen LogP contribution in [0.25, 0.3) is 0 Å². The summed E-state index contributed by atoms with van der Waals surface area (Å²) in [6.45, 7) is 5.70. The van der Waals surface area contributed by atoms with Crippen LogP contribution in [0.3, 0.4) is 0 Å². The molecule has 3 rings (SSSR count). The number of carbonyl (C=O) groups excluding carboxylic acids is 1. The predicted octanol–water partition coefficient (Wildman–Crippen LogP) is 1.00. The number of rotatable bonds is 4. The highest BCUT2D eigenvalue weighted by molar-refractivity contribution is 7.15. The van der Waals surface area contributed by atoms with Gasteiger partial charge in [-0.25, -0.2) is 4.98 Å². The van der Waals surface area contributed by atoms with Gasteiger partial charge in [0.25, 0.3) is 0 Å². The third kappa shape index (κ3) is 3.77. The van der Waals surface area contributed by atoms with E-state index in [-0.39, 0.29) is 5.91 Å². The van der Waals surface area contributed by atoms with E-state index in [0.717, 1.165) is 37.0 Å². The molecule has 3 heterocycles. The zero-order valence-electron chi connectivity index (χ0n) is 12.4. The van der Waals surface area contributed by atoms with Crippen molar-refractivity contribution in [3.63, 3.8) is 0 Å². The number of anilines is 2. The van der Waals surface area contributed by atoms with Crippen molar-refractivity contribution < 1.29 is 4.79 Å². The highest BCUT2D eigenvalue weighted by atomic mass is 32.1. The summed E-state index contributed by atoms with van der Waals surface area (Å²) in [5, 5.41) is 12.0. The molecule has 0 spiro atoms. The second-order valence-electron chi connectivity index (χ2n) is 5.13. The Morgan fingerprint density at radius 1 is 1.27 bits per heavy atom. The van der Waals surface area contributed by atoms with Crippen molar-refractivity contribution >= 4 is 28.2 Å². The summed E-state index contributed by atoms with van der Waals surface area (Å²) in [5.41, 5.74) is 0. The van der Waals surface area contributed by atoms with Crippen LogP contribution in [0, 0.1) is 6.92 Å². The summed E-state index contributed by atoms with van der Waals surface area (Å²) >= 11 is 1.39. The summed E-state index contributed by atoms with van der Waals surface area (Å²) in [7, 11) is 0. The first-order valence-corrected chi connectivity index (χ1v) is 8.00. The SMILES string of the molecule is Cc1nnc(NC(=O)CN2CCN(c3ccccn3)CC2)s1. The number of aromatic nitrogens is 3. The van der Waals surface area contributed by atoms with Gasteiger partial charge in [-0.1, -0.05) is 17.4 Å². The third-order valence-corrected chi connectivity index (χ3v) is 4.24. The molecular weight excluding hydrogens is 300 g/mol. The Labute approximate surface area is 133 Å². The molecule has 0 radical (unpaired) electrons. The molecule has 0 aromatic carbocycles. The van der Waals surface area contributed by atoms with Gasteiger partial charge in [-0.2, -0.15) is 0 Å². The van der Waals surface area contributed by atoms with E-state index in [2.05, 4.69) is 30.3 Å². The van der Waals surface area contributed by atoms with Gasteiger partial charge in [-0.05, 0) is 19.1 Å². The smallest absolute Gasteiger partial charge is 0.240 e. The molecule has 1 aliphatic rings. The van der Waals surface area contributed by atoms with Crippen molar-refractivity contribution in [1.29, 1.82) is 0 Å². The molecule has 0 atom stereocenters. The van der Waals surface area contributed by atoms with Gasteiger partial charge in [-0.15, -0.1) is 10.2 Å². The molecule has 2 aromatic rings. The van der Waals surface area contributed by atoms with Crippen molar-refractivity contribution in [2.24, 2.45) is 0 Å². The Morgan fingerprint density at radius 2 is 2.09 bits per heavy atom. The van der Waals surface area contributed by atoms with Crippen molar-refractivity contribution in [2.75, 3.05) is 42.9 Å². The molecule has 1 amide bonds. The van der Waals surface area contributed by atoms with Gasteiger partial charge in [0, 0.05) is 32.4 Å². The van der Waals surface area contributed by atoms with Crippen molar-refractivity contribution in [3.8, 4) is 0 Å². The molecule has 1 fully saturated rings. The van der Waals surface area contributed by atoms with Gasteiger partial charge in [0.15, 0.2) is 0 Å². The number of hydrogen-bond donors (Lipinski definition) is 1. The number of nitrogens with one attached hydrogen (secondary N) is 1. The van der Waals surface area contributed by atoms with E-state index in [1.807, 2.05) is 25.1 Å². The Bertz CT molecular complexity index is 623. The van der Waals surface area contributed by atoms with Crippen LogP contribution in [0.1, 0.15) is 5.01 Å². The van der Waals surface area contributed by atoms with Gasteiger partial charge in [0.1, 0.15) is 10.8 Å². The molecule has 0 bridgehead atoms. The largest absolute Gasteiger partial charge is 0.354 e. The molecule has 0 unspecified atom stereocenters. The van der Waals surface area contributed by atoms with E-state index in [0.29, 0.717) is 11.7 Å². The lowest BCUT2D eigenvalue weighted by Gasteiger charge is -2.34. The quantitative estimate of drug-likeness (QED) is 0.906. The summed E-state index contributed by atoms with van der Waals surface area (Å²) in [5.74, 6) is 0.957. The van der Waals surface area contributed by atoms with Crippen LogP contribution < -0.4 is 10.2 Å². The lowest BCUT2D eigenvalue weighted by atomic mass is 10.3. The predicted molar refractivity (Wildman–Crippen MR) is 86.2 cm³/mol. The average molecular weight is 318 g/mol. The summed E-state index contributed by atoms with van der Waals surface area (Å²) in [4.78, 5) is 20.7. The third-order valence-electron chi connectivity index (χ3n) is 3.49. The number of amides is 1. The number of aryl methyl sites for hydroxylation is 1. The highest BCUT2D eigenvalue weighted by Crippen LogP contribution is 2.14. The van der Waals surface area contributed by atoms with Crippen LogP contribution in [-0.2, 0) is 4.79 Å². The van der Waals surface area contributed by atoms with Gasteiger partial charge in [0.2, 0.25) is 11.0 Å². The van der Waals surface area contributed by atoms with E-state index in [9.17, 15) is 4.79 Å². The normalized spacial score (nSPS) is 15.8. The maximum atomic E-state index is 12.0. The van der Waals surface area contributed by atoms with Crippen LogP contribution in [-0.4, -0.2) is 58.7 Å². The number of pyridine rings is 1. The minimum absolute atomic E-state index is 0.0394. The monoisotopic (exact) mass is 318 g/mol. The molecule has 0 saturated carbocycles. The van der Waals surface area contributed by atoms with E-state index in [4.69, 9.17) is 0 Å². The Kier molecular flexibility index (Phi) is 4.59. The van der Waals surface area contributed by atoms with E-state index >= 15 is 0 Å². The maximum Gasteiger partial charge on any atom is 0.240 e. The van der Waals surface area contributed by atoms with Crippen LogP contribution in [0.2, 0.25) is 0 Å². The zero-order valence-corrected chi connectivity index (χ0v) is 13.2. The first kappa shape index (κ1) is 14.9. The fraction of sp³-hybridized carbons (Fsp3) is 0.429. The van der Waals surface area contributed by atoms with Crippen LogP contribution in [0.5, 0.6) is 0 Å². The molecule has 1 aliphatic heterocycles. The van der Waals surface area contributed by atoms with E-state index < -0.39 is 0 Å². The minimum Gasteiger partial charge on any atom is -0.354 e. The van der Waals surface area contributed by atoms with Gasteiger partial charge in [-0.3, -0.25) is 15.0 Å². The second-order valence-corrected chi connectivity index (χ2v) is 6.31. The second kappa shape index (κ2) is 6.80. The van der Waals surface area contributed by atoms with Crippen LogP contribution >= 0.6 is 11.3 Å². The molecule has 7 nitrogen and oxygen atoms in total. The van der Waals surface area contributed by atoms with Gasteiger partial charge >= 0.3 is 0 Å². The van der Waals surface area contributed by atoms with Crippen molar-refractivity contribution in [3.05, 3.63) is 29.4 Å². The Morgan fingerprint density at radius 3 is 2.73 bits per heavy atom. The lowest BCUT2D eigenvalue weighted by Crippen LogP contribution is -2.48. The first-order valence-electron chi connectivity index (χ1n) is 7.19. The van der Waals surface area contributed by atoms with E-state index in [1.54, 1.807) is 6.20 Å². The first-order chi connectivity index (χ1) is 10.7. The van der Waals surface area contributed by atoms with Crippen LogP contribution in [0.4, 0.5) is 10.9 Å². The fourth-order valence-corrected chi connectivity index (χ4v) is 2.99. The van der Waals surface area contributed by atoms with Crippen LogP contribution in [0.15, 0.2) is 24.4 Å². The lowest BCUT2D eigenvalue weighted by molar-refractivity contribution is -0.117. The fourth-order valence-electron chi connectivity index (χ4n) is 2.38. The summed E-state index contributed by atoms with van der Waals surface area (Å²) in [6, 6.07) is 5.92. The molecule has 22 heavy (non-hydrogen) atoms. The molecule has 0 aliphatic carbocycles.